The summed E-state index contributed by atoms with van der Waals surface area (Å²) in [6.07, 6.45) is 0.00936. The highest BCUT2D eigenvalue weighted by atomic mass is 32.2. The van der Waals surface area contributed by atoms with Crippen LogP contribution >= 0.6 is 0 Å². The molecule has 2 N–H and O–H groups in total. The Labute approximate surface area is 101 Å². The van der Waals surface area contributed by atoms with E-state index in [-0.39, 0.29) is 5.92 Å². The third-order valence-electron chi connectivity index (χ3n) is 2.93. The fourth-order valence-corrected chi connectivity index (χ4v) is 3.75. The topological polar surface area (TPSA) is 92.7 Å². The number of aliphatic carboxylic acids is 1. The first kappa shape index (κ1) is 14.4. The van der Waals surface area contributed by atoms with E-state index in [9.17, 15) is 13.2 Å². The van der Waals surface area contributed by atoms with Gasteiger partial charge in [0.2, 0.25) is 10.0 Å². The number of carbonyl (C=O) groups is 1. The Bertz CT molecular complexity index is 378. The van der Waals surface area contributed by atoms with Gasteiger partial charge in [-0.15, -0.1) is 0 Å². The zero-order chi connectivity index (χ0) is 13.2. The van der Waals surface area contributed by atoms with E-state index in [1.54, 1.807) is 20.8 Å². The second kappa shape index (κ2) is 5.32. The van der Waals surface area contributed by atoms with Gasteiger partial charge in [-0.25, -0.2) is 13.1 Å². The lowest BCUT2D eigenvalue weighted by molar-refractivity contribution is -0.140. The molecule has 0 bridgehead atoms. The van der Waals surface area contributed by atoms with E-state index < -0.39 is 33.4 Å². The lowest BCUT2D eigenvalue weighted by Crippen LogP contribution is -2.49. The van der Waals surface area contributed by atoms with Gasteiger partial charge in [0.25, 0.3) is 0 Å². The van der Waals surface area contributed by atoms with Crippen molar-refractivity contribution in [3.63, 3.8) is 0 Å². The van der Waals surface area contributed by atoms with Crippen LogP contribution in [0.4, 0.5) is 0 Å². The maximum atomic E-state index is 12.0. The third-order valence-corrected chi connectivity index (χ3v) is 4.93. The van der Waals surface area contributed by atoms with Gasteiger partial charge in [-0.05, 0) is 19.3 Å². The first-order valence-electron chi connectivity index (χ1n) is 5.61. The minimum Gasteiger partial charge on any atom is -0.480 e. The van der Waals surface area contributed by atoms with Crippen LogP contribution in [0.5, 0.6) is 0 Å². The van der Waals surface area contributed by atoms with Crippen molar-refractivity contribution >= 4 is 16.0 Å². The average molecular weight is 265 g/mol. The fraction of sp³-hybridized carbons (Fsp3) is 0.900. The minimum atomic E-state index is -3.65. The van der Waals surface area contributed by atoms with Crippen LogP contribution in [0.3, 0.4) is 0 Å². The average Bonchev–Trinajstić information content (AvgIpc) is 2.60. The quantitative estimate of drug-likeness (QED) is 0.740. The Kier molecular flexibility index (Phi) is 4.51. The molecule has 7 heteroatoms. The lowest BCUT2D eigenvalue weighted by Gasteiger charge is -2.22. The summed E-state index contributed by atoms with van der Waals surface area (Å²) >= 11 is 0. The van der Waals surface area contributed by atoms with Crippen molar-refractivity contribution in [2.24, 2.45) is 5.92 Å². The summed E-state index contributed by atoms with van der Waals surface area (Å²) in [4.78, 5) is 11.0. The first-order valence-corrected chi connectivity index (χ1v) is 7.16. The molecule has 100 valence electrons. The van der Waals surface area contributed by atoms with E-state index in [1.165, 1.54) is 0 Å². The van der Waals surface area contributed by atoms with Gasteiger partial charge in [0.1, 0.15) is 11.3 Å². The highest BCUT2D eigenvalue weighted by Gasteiger charge is 2.38. The summed E-state index contributed by atoms with van der Waals surface area (Å²) in [5, 5.41) is 8.29. The number of carboxylic acid groups (broad SMARTS) is 1. The molecule has 1 fully saturated rings. The molecule has 0 aromatic rings. The van der Waals surface area contributed by atoms with Gasteiger partial charge in [0.05, 0.1) is 6.10 Å². The highest BCUT2D eigenvalue weighted by Crippen LogP contribution is 2.21. The zero-order valence-electron chi connectivity index (χ0n) is 10.2. The van der Waals surface area contributed by atoms with Crippen molar-refractivity contribution in [2.45, 2.75) is 44.6 Å². The van der Waals surface area contributed by atoms with Crippen molar-refractivity contribution in [3.8, 4) is 0 Å². The van der Waals surface area contributed by atoms with Crippen LogP contribution < -0.4 is 4.72 Å². The molecule has 0 aliphatic carbocycles. The Morgan fingerprint density at radius 1 is 1.47 bits per heavy atom. The maximum absolute atomic E-state index is 12.0. The minimum absolute atomic E-state index is 0.306. The third kappa shape index (κ3) is 3.40. The summed E-state index contributed by atoms with van der Waals surface area (Å²) in [6, 6.07) is -1.09. The lowest BCUT2D eigenvalue weighted by atomic mass is 10.1. The van der Waals surface area contributed by atoms with Gasteiger partial charge in [-0.2, -0.15) is 0 Å². The van der Waals surface area contributed by atoms with Crippen LogP contribution in [-0.4, -0.2) is 43.5 Å². The SMILES string of the molecule is CC1OCCC1S(=O)(=O)N[C@@H](C(=O)O)C(C)C. The number of hydrogen-bond donors (Lipinski definition) is 2. The molecule has 1 rings (SSSR count). The Morgan fingerprint density at radius 2 is 2.06 bits per heavy atom. The molecule has 0 saturated carbocycles. The van der Waals surface area contributed by atoms with E-state index in [0.717, 1.165) is 0 Å². The van der Waals surface area contributed by atoms with E-state index in [0.29, 0.717) is 13.0 Å². The summed E-state index contributed by atoms with van der Waals surface area (Å²) in [6.45, 7) is 5.40. The van der Waals surface area contributed by atoms with Crippen LogP contribution in [0, 0.1) is 5.92 Å². The molecule has 0 amide bonds. The molecule has 1 heterocycles. The van der Waals surface area contributed by atoms with E-state index in [2.05, 4.69) is 4.72 Å². The summed E-state index contributed by atoms with van der Waals surface area (Å²) < 4.78 is 31.5. The van der Waals surface area contributed by atoms with Crippen molar-refractivity contribution in [1.29, 1.82) is 0 Å². The van der Waals surface area contributed by atoms with Gasteiger partial charge in [0.15, 0.2) is 0 Å². The first-order chi connectivity index (χ1) is 7.75. The standard InChI is InChI=1S/C10H19NO5S/c1-6(2)9(10(12)13)11-17(14,15)8-4-5-16-7(8)3/h6-9,11H,4-5H2,1-3H3,(H,12,13)/t7?,8?,9-/m1/s1. The van der Waals surface area contributed by atoms with Crippen molar-refractivity contribution < 1.29 is 23.1 Å². The molecular weight excluding hydrogens is 246 g/mol. The second-order valence-corrected chi connectivity index (χ2v) is 6.56. The number of sulfonamides is 1. The van der Waals surface area contributed by atoms with Crippen molar-refractivity contribution in [2.75, 3.05) is 6.61 Å². The van der Waals surface area contributed by atoms with Crippen LogP contribution in [-0.2, 0) is 19.6 Å². The van der Waals surface area contributed by atoms with E-state index >= 15 is 0 Å². The van der Waals surface area contributed by atoms with Gasteiger partial charge >= 0.3 is 5.97 Å². The molecule has 1 aliphatic rings. The van der Waals surface area contributed by atoms with Crippen LogP contribution in [0.25, 0.3) is 0 Å². The summed E-state index contributed by atoms with van der Waals surface area (Å²) in [5.74, 6) is -1.46. The molecule has 0 spiro atoms. The van der Waals surface area contributed by atoms with Crippen LogP contribution in [0.15, 0.2) is 0 Å². The molecule has 0 aromatic heterocycles. The number of hydrogen-bond acceptors (Lipinski definition) is 4. The zero-order valence-corrected chi connectivity index (χ0v) is 11.0. The number of nitrogens with one attached hydrogen (secondary N) is 1. The van der Waals surface area contributed by atoms with Crippen LogP contribution in [0.1, 0.15) is 27.2 Å². The Hall–Kier alpha value is -0.660. The maximum Gasteiger partial charge on any atom is 0.321 e. The number of rotatable bonds is 5. The molecular formula is C10H19NO5S. The molecule has 1 aliphatic heterocycles. The molecule has 2 unspecified atom stereocenters. The van der Waals surface area contributed by atoms with Crippen molar-refractivity contribution in [1.82, 2.24) is 4.72 Å². The van der Waals surface area contributed by atoms with Gasteiger partial charge in [-0.1, -0.05) is 13.8 Å². The van der Waals surface area contributed by atoms with Crippen LogP contribution in [0.2, 0.25) is 0 Å². The predicted octanol–water partition coefficient (Wildman–Crippen LogP) is 0.192. The van der Waals surface area contributed by atoms with E-state index in [1.807, 2.05) is 0 Å². The molecule has 0 radical (unpaired) electrons. The predicted molar refractivity (Wildman–Crippen MR) is 62.1 cm³/mol. The normalized spacial score (nSPS) is 27.3. The van der Waals surface area contributed by atoms with Gasteiger partial charge in [-0.3, -0.25) is 4.79 Å². The van der Waals surface area contributed by atoms with Crippen molar-refractivity contribution in [3.05, 3.63) is 0 Å². The van der Waals surface area contributed by atoms with E-state index in [4.69, 9.17) is 9.84 Å². The second-order valence-electron chi connectivity index (χ2n) is 4.63. The largest absolute Gasteiger partial charge is 0.480 e. The highest BCUT2D eigenvalue weighted by molar-refractivity contribution is 7.90. The smallest absolute Gasteiger partial charge is 0.321 e. The molecule has 1 saturated heterocycles. The van der Waals surface area contributed by atoms with Gasteiger partial charge < -0.3 is 9.84 Å². The Balaban J connectivity index is 2.81. The summed E-state index contributed by atoms with van der Waals surface area (Å²) in [5.41, 5.74) is 0. The monoisotopic (exact) mass is 265 g/mol. The number of ether oxygens (including phenoxy) is 1. The van der Waals surface area contributed by atoms with Gasteiger partial charge in [0, 0.05) is 6.61 Å². The summed E-state index contributed by atoms with van der Waals surface area (Å²) in [7, 11) is -3.65. The number of carboxylic acids is 1. The fourth-order valence-electron chi connectivity index (χ4n) is 1.86. The molecule has 0 aromatic carbocycles. The molecule has 3 atom stereocenters. The molecule has 6 nitrogen and oxygen atoms in total. The molecule has 17 heavy (non-hydrogen) atoms. The Morgan fingerprint density at radius 3 is 2.41 bits per heavy atom.